The fourth-order valence-corrected chi connectivity index (χ4v) is 10.7. The Kier molecular flexibility index (Phi) is 20.3. The monoisotopic (exact) mass is 1120 g/mol. The number of aliphatic hydroxyl groups is 17. The number of aliphatic hydroxyl groups excluding tert-OH is 17. The van der Waals surface area contributed by atoms with Gasteiger partial charge in [-0.3, -0.25) is 0 Å². The number of hydrogen-bond acceptors (Lipinski definition) is 32. The molecule has 0 aliphatic carbocycles. The number of benzene rings is 1. The SMILES string of the molecule is O=C(O)c1ccccc1SO[C@@H]1[C@@H](O)[C@H]2O[C@H]3[C@H](O)[C@@H](O)[C@@H](O[C@H]4[C@H](O)[C@@H](O)[C@@H](O[C@H]5[C@H](O)[C@@H](O)[C@@H](O[C@H]6[C@H](O)[C@@H](O)[C@@H](O[C@H]7[C@H](O)[C@@H](O)[C@@H](O[C@H]1[C@@H](CO)O2)O[C@@H]7CO)O[C@@H]6CO)O[C@@H]5CO)O[C@@H]4CO)O[C@@H]3CO. The molecule has 18 N–H and O–H groups in total. The van der Waals surface area contributed by atoms with E-state index in [1.807, 2.05) is 0 Å². The number of carboxylic acid groups (broad SMARTS) is 1. The molecule has 0 spiro atoms. The second kappa shape index (κ2) is 25.7. The van der Waals surface area contributed by atoms with E-state index in [9.17, 15) is 96.7 Å². The van der Waals surface area contributed by atoms with Gasteiger partial charge >= 0.3 is 5.97 Å². The topological polar surface area (TPSA) is 501 Å². The molecule has 0 unspecified atom stereocenters. The molecule has 22 fully saturated rings. The average molecular weight is 1130 g/mol. The van der Waals surface area contributed by atoms with Gasteiger partial charge in [0.05, 0.1) is 45.2 Å². The zero-order valence-electron chi connectivity index (χ0n) is 39.5. The van der Waals surface area contributed by atoms with Crippen LogP contribution in [-0.4, -0.2) is 322 Å². The van der Waals surface area contributed by atoms with Crippen LogP contribution in [0.5, 0.6) is 0 Å². The Labute approximate surface area is 433 Å². The van der Waals surface area contributed by atoms with Crippen molar-refractivity contribution in [2.45, 2.75) is 189 Å². The predicted molar refractivity (Wildman–Crippen MR) is 234 cm³/mol. The van der Waals surface area contributed by atoms with Gasteiger partial charge in [0, 0.05) is 16.9 Å². The van der Waals surface area contributed by atoms with Gasteiger partial charge in [-0.1, -0.05) is 12.1 Å². The highest BCUT2D eigenvalue weighted by atomic mass is 32.2. The summed E-state index contributed by atoms with van der Waals surface area (Å²) in [4.78, 5) is 12.1. The Morgan fingerprint density at radius 1 is 0.368 bits per heavy atom. The smallest absolute Gasteiger partial charge is 0.336 e. The summed E-state index contributed by atoms with van der Waals surface area (Å²) in [7, 11) is 0. The van der Waals surface area contributed by atoms with Crippen LogP contribution in [-0.2, 0) is 61.0 Å². The van der Waals surface area contributed by atoms with Crippen LogP contribution in [0.1, 0.15) is 10.4 Å². The fraction of sp³-hybridized carbons (Fsp3) is 0.837. The van der Waals surface area contributed by atoms with Crippen molar-refractivity contribution in [3.63, 3.8) is 0 Å². The van der Waals surface area contributed by atoms with E-state index in [4.69, 9.17) is 61.0 Å². The Hall–Kier alpha value is -2.16. The maximum absolute atomic E-state index is 12.1. The second-order valence-electron chi connectivity index (χ2n) is 18.8. The van der Waals surface area contributed by atoms with Gasteiger partial charge in [-0.15, -0.1) is 0 Å². The van der Waals surface area contributed by atoms with E-state index >= 15 is 0 Å². The number of hydrogen-bond donors (Lipinski definition) is 18. The van der Waals surface area contributed by atoms with Gasteiger partial charge in [-0.25, -0.2) is 4.79 Å². The van der Waals surface area contributed by atoms with E-state index in [0.29, 0.717) is 12.0 Å². The summed E-state index contributed by atoms with van der Waals surface area (Å²) < 4.78 is 75.4. The second-order valence-corrected chi connectivity index (χ2v) is 19.6. The number of aromatic carboxylic acids is 1. The normalized spacial score (nSPS) is 49.5. The van der Waals surface area contributed by atoms with E-state index in [1.165, 1.54) is 24.3 Å². The summed E-state index contributed by atoms with van der Waals surface area (Å²) in [5.74, 6) is -1.39. The van der Waals surface area contributed by atoms with Gasteiger partial charge < -0.3 is 153 Å². The van der Waals surface area contributed by atoms with Crippen molar-refractivity contribution < 1.29 is 158 Å². The van der Waals surface area contributed by atoms with Gasteiger partial charge in [0.25, 0.3) is 0 Å². The lowest BCUT2D eigenvalue weighted by Gasteiger charge is -2.51. The van der Waals surface area contributed by atoms with Crippen LogP contribution in [0.3, 0.4) is 0 Å². The molecule has 33 heteroatoms. The van der Waals surface area contributed by atoms with Gasteiger partial charge in [0.2, 0.25) is 0 Å². The van der Waals surface area contributed by atoms with Crippen LogP contribution < -0.4 is 0 Å². The molecule has 22 aliphatic heterocycles. The van der Waals surface area contributed by atoms with Crippen molar-refractivity contribution in [3.05, 3.63) is 29.8 Å². The molecule has 1 aromatic rings. The summed E-state index contributed by atoms with van der Waals surface area (Å²) in [5, 5.41) is 198. The van der Waals surface area contributed by atoms with Gasteiger partial charge in [0.15, 0.2) is 37.7 Å². The average Bonchev–Trinajstić information content (AvgIpc) is 3.42. The third-order valence-corrected chi connectivity index (χ3v) is 14.9. The minimum atomic E-state index is -2.21. The standard InChI is InChI=1S/C43H64O32S/c44-5-12-30-19(50)24(55)38(63-12)70-31-13(6-45)65-40(26(57)21(31)52)72-33-15(8-47)67-42(28(59)23(33)54)74-35-17(10-49)68-43(29(60)36(35)75-76-18-4-2-1-3-11(18)37(61)62)73-34-16(9-48)66-41(27(58)22(34)53)71-32-14(7-46)64-39(69-30)25(56)20(32)51/h1-4,12-17,19-36,38-60H,5-10H2,(H,61,62)/t12-,13-,14-,15-,16-,17-,19-,20-,21-,22-,23-,24-,25-,26-,27-,28-,29-,30-,31-,32-,33-,34-,35+,36-,38-,39-,40-,41-,42-,43-/m1/s1. The Balaban J connectivity index is 1.13. The highest BCUT2D eigenvalue weighted by Crippen LogP contribution is 2.40. The number of rotatable bonds is 10. The van der Waals surface area contributed by atoms with E-state index < -0.39 is 230 Å². The highest BCUT2D eigenvalue weighted by molar-refractivity contribution is 7.94. The molecule has 22 heterocycles. The largest absolute Gasteiger partial charge is 0.478 e. The lowest BCUT2D eigenvalue weighted by atomic mass is 9.94. The van der Waals surface area contributed by atoms with Crippen molar-refractivity contribution in [1.82, 2.24) is 0 Å². The van der Waals surface area contributed by atoms with Crippen molar-refractivity contribution >= 4 is 18.0 Å². The van der Waals surface area contributed by atoms with Crippen molar-refractivity contribution in [2.75, 3.05) is 39.6 Å². The molecule has 0 saturated carbocycles. The van der Waals surface area contributed by atoms with Crippen LogP contribution in [0, 0.1) is 0 Å². The molecule has 32 nitrogen and oxygen atoms in total. The number of carboxylic acids is 1. The Morgan fingerprint density at radius 3 is 0.895 bits per heavy atom. The van der Waals surface area contributed by atoms with Crippen LogP contribution in [0.2, 0.25) is 0 Å². The molecule has 0 aromatic heterocycles. The zero-order chi connectivity index (χ0) is 55.0. The third-order valence-electron chi connectivity index (χ3n) is 14.0. The van der Waals surface area contributed by atoms with Crippen LogP contribution >= 0.6 is 12.0 Å². The molecule has 23 rings (SSSR count). The van der Waals surface area contributed by atoms with Crippen LogP contribution in [0.25, 0.3) is 0 Å². The molecule has 1 aromatic carbocycles. The minimum absolute atomic E-state index is 0.0395. The first-order chi connectivity index (χ1) is 36.3. The number of carbonyl (C=O) groups is 1. The molecule has 22 saturated heterocycles. The summed E-state index contributed by atoms with van der Waals surface area (Å²) in [6.45, 7) is -6.19. The Bertz CT molecular complexity index is 2010. The predicted octanol–water partition coefficient (Wildman–Crippen LogP) is -10.6. The van der Waals surface area contributed by atoms with E-state index in [-0.39, 0.29) is 10.5 Å². The minimum Gasteiger partial charge on any atom is -0.478 e. The number of ether oxygens (including phenoxy) is 12. The molecular weight excluding hydrogens is 1060 g/mol. The molecule has 0 amide bonds. The maximum Gasteiger partial charge on any atom is 0.336 e. The van der Waals surface area contributed by atoms with E-state index in [1.54, 1.807) is 0 Å². The highest BCUT2D eigenvalue weighted by Gasteiger charge is 2.59. The first-order valence-corrected chi connectivity index (χ1v) is 24.7. The third kappa shape index (κ3) is 11.9. The fourth-order valence-electron chi connectivity index (χ4n) is 9.85. The molecule has 22 aliphatic rings. The molecule has 434 valence electrons. The van der Waals surface area contributed by atoms with Crippen molar-refractivity contribution in [2.24, 2.45) is 0 Å². The van der Waals surface area contributed by atoms with E-state index in [0.717, 1.165) is 0 Å². The van der Waals surface area contributed by atoms with Crippen molar-refractivity contribution in [1.29, 1.82) is 0 Å². The molecular formula is C43H64O32S. The van der Waals surface area contributed by atoms with Gasteiger partial charge in [-0.2, -0.15) is 0 Å². The molecule has 0 radical (unpaired) electrons. The first kappa shape index (κ1) is 59.9. The lowest BCUT2D eigenvalue weighted by Crippen LogP contribution is -2.69. The first-order valence-electron chi connectivity index (χ1n) is 24.0. The summed E-state index contributed by atoms with van der Waals surface area (Å²) in [6.07, 6.45) is -59.4. The molecule has 76 heavy (non-hydrogen) atoms. The maximum atomic E-state index is 12.1. The summed E-state index contributed by atoms with van der Waals surface area (Å²) in [6, 6.07) is 5.42. The summed E-state index contributed by atoms with van der Waals surface area (Å²) >= 11 is 0.383. The molecule has 30 atom stereocenters. The van der Waals surface area contributed by atoms with E-state index in [2.05, 4.69) is 0 Å². The van der Waals surface area contributed by atoms with Crippen LogP contribution in [0.15, 0.2) is 29.2 Å². The van der Waals surface area contributed by atoms with Crippen molar-refractivity contribution in [3.8, 4) is 0 Å². The van der Waals surface area contributed by atoms with Crippen LogP contribution in [0.4, 0.5) is 0 Å². The lowest BCUT2D eigenvalue weighted by molar-refractivity contribution is -0.403. The van der Waals surface area contributed by atoms with Gasteiger partial charge in [0.1, 0.15) is 146 Å². The van der Waals surface area contributed by atoms with Gasteiger partial charge in [-0.05, 0) is 12.1 Å². The zero-order valence-corrected chi connectivity index (χ0v) is 40.4. The Morgan fingerprint density at radius 2 is 0.618 bits per heavy atom. The molecule has 12 bridgehead atoms. The quantitative estimate of drug-likeness (QED) is 0.0968. The summed E-state index contributed by atoms with van der Waals surface area (Å²) in [5.41, 5.74) is -0.277.